The fraction of sp³-hybridized carbons (Fsp3) is 0.0833. The van der Waals surface area contributed by atoms with Crippen LogP contribution in [0.25, 0.3) is 11.3 Å². The molecule has 1 heterocycles. The lowest BCUT2D eigenvalue weighted by atomic mass is 10.1. The molecule has 0 amide bonds. The number of hydrogen-bond donors (Lipinski definition) is 3. The number of aromatic nitrogens is 2. The maximum absolute atomic E-state index is 10.1. The fourth-order valence-corrected chi connectivity index (χ4v) is 1.68. The number of nitriles is 1. The molecule has 0 aliphatic heterocycles. The molecule has 0 fully saturated rings. The first-order chi connectivity index (χ1) is 9.08. The Hall–Kier alpha value is -3.01. The summed E-state index contributed by atoms with van der Waals surface area (Å²) in [6.45, 7) is 0. The van der Waals surface area contributed by atoms with Crippen LogP contribution in [0.5, 0.6) is 11.5 Å². The van der Waals surface area contributed by atoms with E-state index in [4.69, 9.17) is 21.5 Å². The summed E-state index contributed by atoms with van der Waals surface area (Å²) in [6.07, 6.45) is 0. The Morgan fingerprint density at radius 2 is 2.05 bits per heavy atom. The highest BCUT2D eigenvalue weighted by Crippen LogP contribution is 2.38. The first-order valence-electron chi connectivity index (χ1n) is 5.28. The molecule has 0 radical (unpaired) electrons. The van der Waals surface area contributed by atoms with E-state index in [1.807, 2.05) is 6.07 Å². The number of nitrogens with two attached hydrogens (primary N) is 2. The maximum Gasteiger partial charge on any atom is 0.222 e. The molecule has 96 valence electrons. The number of hydrogen-bond acceptors (Lipinski definition) is 7. The van der Waals surface area contributed by atoms with Gasteiger partial charge in [0.1, 0.15) is 17.5 Å². The molecule has 19 heavy (non-hydrogen) atoms. The largest absolute Gasteiger partial charge is 0.504 e. The van der Waals surface area contributed by atoms with Gasteiger partial charge in [-0.2, -0.15) is 10.2 Å². The van der Waals surface area contributed by atoms with Crippen LogP contribution in [0.2, 0.25) is 0 Å². The third kappa shape index (κ3) is 2.07. The smallest absolute Gasteiger partial charge is 0.222 e. The van der Waals surface area contributed by atoms with E-state index in [2.05, 4.69) is 9.97 Å². The molecular weight excluding hydrogens is 246 g/mol. The molecule has 0 aliphatic rings. The summed E-state index contributed by atoms with van der Waals surface area (Å²) in [6, 6.07) is 6.72. The standard InChI is InChI=1S/C12H11N5O2/c1-19-8-4-2-3-6(10(8)18)9-7(5-13)11(14)17-12(15)16-9/h2-4,18H,1H3,(H4,14,15,16,17). The van der Waals surface area contributed by atoms with E-state index in [1.165, 1.54) is 7.11 Å². The molecule has 2 rings (SSSR count). The van der Waals surface area contributed by atoms with Gasteiger partial charge < -0.3 is 21.3 Å². The quantitative estimate of drug-likeness (QED) is 0.728. The number of anilines is 2. The molecule has 7 nitrogen and oxygen atoms in total. The van der Waals surface area contributed by atoms with E-state index in [0.717, 1.165) is 0 Å². The zero-order valence-electron chi connectivity index (χ0n) is 10.1. The van der Waals surface area contributed by atoms with Crippen LogP contribution in [0.4, 0.5) is 11.8 Å². The number of phenols is 1. The number of rotatable bonds is 2. The Kier molecular flexibility index (Phi) is 3.08. The highest BCUT2D eigenvalue weighted by molar-refractivity contribution is 5.78. The molecule has 0 bridgehead atoms. The van der Waals surface area contributed by atoms with Crippen molar-refractivity contribution in [2.24, 2.45) is 0 Å². The van der Waals surface area contributed by atoms with Crippen LogP contribution in [0.1, 0.15) is 5.56 Å². The second-order valence-electron chi connectivity index (χ2n) is 3.66. The van der Waals surface area contributed by atoms with Gasteiger partial charge in [-0.3, -0.25) is 0 Å². The summed E-state index contributed by atoms with van der Waals surface area (Å²) in [5.41, 5.74) is 11.7. The highest BCUT2D eigenvalue weighted by atomic mass is 16.5. The third-order valence-electron chi connectivity index (χ3n) is 2.54. The molecule has 1 aromatic heterocycles. The predicted octanol–water partition coefficient (Wildman–Crippen LogP) is 0.894. The van der Waals surface area contributed by atoms with Gasteiger partial charge in [-0.05, 0) is 12.1 Å². The lowest BCUT2D eigenvalue weighted by Crippen LogP contribution is -2.05. The van der Waals surface area contributed by atoms with Gasteiger partial charge in [0.25, 0.3) is 0 Å². The molecule has 2 aromatic rings. The molecule has 7 heteroatoms. The van der Waals surface area contributed by atoms with Gasteiger partial charge in [-0.25, -0.2) is 4.98 Å². The zero-order chi connectivity index (χ0) is 14.0. The summed E-state index contributed by atoms with van der Waals surface area (Å²) >= 11 is 0. The molecule has 0 saturated carbocycles. The minimum Gasteiger partial charge on any atom is -0.504 e. The summed E-state index contributed by atoms with van der Waals surface area (Å²) < 4.78 is 5.00. The number of aromatic hydroxyl groups is 1. The molecule has 5 N–H and O–H groups in total. The van der Waals surface area contributed by atoms with Crippen LogP contribution in [-0.4, -0.2) is 22.2 Å². The Bertz CT molecular complexity index is 679. The summed E-state index contributed by atoms with van der Waals surface area (Å²) in [5, 5.41) is 19.2. The van der Waals surface area contributed by atoms with Crippen molar-refractivity contribution in [3.05, 3.63) is 23.8 Å². The molecule has 0 unspecified atom stereocenters. The van der Waals surface area contributed by atoms with Crippen molar-refractivity contribution in [3.8, 4) is 28.8 Å². The minimum absolute atomic E-state index is 0.0350. The van der Waals surface area contributed by atoms with E-state index >= 15 is 0 Å². The Morgan fingerprint density at radius 1 is 1.32 bits per heavy atom. The molecule has 1 aromatic carbocycles. The van der Waals surface area contributed by atoms with Crippen molar-refractivity contribution in [2.75, 3.05) is 18.6 Å². The minimum atomic E-state index is -0.140. The second-order valence-corrected chi connectivity index (χ2v) is 3.66. The maximum atomic E-state index is 10.1. The van der Waals surface area contributed by atoms with Crippen LogP contribution in [0.15, 0.2) is 18.2 Å². The van der Waals surface area contributed by atoms with Crippen LogP contribution in [-0.2, 0) is 0 Å². The van der Waals surface area contributed by atoms with E-state index < -0.39 is 0 Å². The van der Waals surface area contributed by atoms with Gasteiger partial charge in [0, 0.05) is 5.56 Å². The number of nitrogen functional groups attached to an aromatic ring is 2. The average Bonchev–Trinajstić information content (AvgIpc) is 2.38. The first kappa shape index (κ1) is 12.4. The van der Waals surface area contributed by atoms with Gasteiger partial charge in [-0.15, -0.1) is 0 Å². The van der Waals surface area contributed by atoms with Crippen LogP contribution >= 0.6 is 0 Å². The SMILES string of the molecule is COc1cccc(-c2nc(N)nc(N)c2C#N)c1O. The van der Waals surface area contributed by atoms with Crippen LogP contribution in [0, 0.1) is 11.3 Å². The van der Waals surface area contributed by atoms with Crippen molar-refractivity contribution in [1.82, 2.24) is 9.97 Å². The number of nitrogens with zero attached hydrogens (tertiary/aromatic N) is 3. The molecule has 0 atom stereocenters. The summed E-state index contributed by atoms with van der Waals surface area (Å²) in [4.78, 5) is 7.67. The lowest BCUT2D eigenvalue weighted by molar-refractivity contribution is 0.374. The van der Waals surface area contributed by atoms with E-state index in [-0.39, 0.29) is 34.5 Å². The lowest BCUT2D eigenvalue weighted by Gasteiger charge is -2.10. The summed E-state index contributed by atoms with van der Waals surface area (Å²) in [7, 11) is 1.42. The normalized spacial score (nSPS) is 9.89. The van der Waals surface area contributed by atoms with Crippen LogP contribution in [0.3, 0.4) is 0 Å². The van der Waals surface area contributed by atoms with Gasteiger partial charge in [-0.1, -0.05) is 6.07 Å². The highest BCUT2D eigenvalue weighted by Gasteiger charge is 2.18. The van der Waals surface area contributed by atoms with Gasteiger partial charge in [0.2, 0.25) is 5.95 Å². The predicted molar refractivity (Wildman–Crippen MR) is 69.2 cm³/mol. The number of methoxy groups -OCH3 is 1. The van der Waals surface area contributed by atoms with Gasteiger partial charge >= 0.3 is 0 Å². The van der Waals surface area contributed by atoms with Crippen molar-refractivity contribution in [2.45, 2.75) is 0 Å². The van der Waals surface area contributed by atoms with E-state index in [9.17, 15) is 5.11 Å². The zero-order valence-corrected chi connectivity index (χ0v) is 10.1. The number of benzene rings is 1. The number of ether oxygens (including phenoxy) is 1. The molecular formula is C12H11N5O2. The topological polar surface area (TPSA) is 131 Å². The van der Waals surface area contributed by atoms with Crippen molar-refractivity contribution in [3.63, 3.8) is 0 Å². The van der Waals surface area contributed by atoms with Gasteiger partial charge in [0.05, 0.1) is 12.8 Å². The monoisotopic (exact) mass is 257 g/mol. The first-order valence-corrected chi connectivity index (χ1v) is 5.28. The molecule has 0 saturated heterocycles. The van der Waals surface area contributed by atoms with E-state index in [0.29, 0.717) is 5.56 Å². The Morgan fingerprint density at radius 3 is 2.68 bits per heavy atom. The van der Waals surface area contributed by atoms with Crippen molar-refractivity contribution in [1.29, 1.82) is 5.26 Å². The second kappa shape index (κ2) is 4.70. The fourth-order valence-electron chi connectivity index (χ4n) is 1.68. The Labute approximate surface area is 109 Å². The average molecular weight is 257 g/mol. The number of para-hydroxylation sites is 1. The van der Waals surface area contributed by atoms with Crippen molar-refractivity contribution >= 4 is 11.8 Å². The van der Waals surface area contributed by atoms with Crippen molar-refractivity contribution < 1.29 is 9.84 Å². The van der Waals surface area contributed by atoms with E-state index in [1.54, 1.807) is 18.2 Å². The number of phenolic OH excluding ortho intramolecular Hbond substituents is 1. The van der Waals surface area contributed by atoms with Crippen LogP contribution < -0.4 is 16.2 Å². The third-order valence-corrected chi connectivity index (χ3v) is 2.54. The molecule has 0 aliphatic carbocycles. The summed E-state index contributed by atoms with van der Waals surface area (Å²) in [5.74, 6) is 0.0112. The van der Waals surface area contributed by atoms with Gasteiger partial charge in [0.15, 0.2) is 11.5 Å². The molecule has 0 spiro atoms. The Balaban J connectivity index is 2.76.